The number of alkyl halides is 1. The van der Waals surface area contributed by atoms with E-state index in [1.165, 1.54) is 20.1 Å². The molecule has 0 fully saturated rings. The molecule has 0 spiro atoms. The van der Waals surface area contributed by atoms with Gasteiger partial charge >= 0.3 is 0 Å². The van der Waals surface area contributed by atoms with Crippen LogP contribution in [0.2, 0.25) is 0 Å². The summed E-state index contributed by atoms with van der Waals surface area (Å²) in [6, 6.07) is 4.72. The lowest BCUT2D eigenvalue weighted by atomic mass is 10.1. The smallest absolute Gasteiger partial charge is 0.163 e. The maximum Gasteiger partial charge on any atom is 0.163 e. The average Bonchev–Trinajstić information content (AvgIpc) is 2.16. The second-order valence-corrected chi connectivity index (χ2v) is 2.72. The Balaban J connectivity index is 3.18. The summed E-state index contributed by atoms with van der Waals surface area (Å²) < 4.78 is 17.2. The zero-order valence-electron chi connectivity index (χ0n) is 7.63. The minimum atomic E-state index is -0.565. The van der Waals surface area contributed by atoms with Crippen molar-refractivity contribution in [1.29, 1.82) is 0 Å². The van der Waals surface area contributed by atoms with Crippen LogP contribution in [0, 0.1) is 0 Å². The summed E-state index contributed by atoms with van der Waals surface area (Å²) >= 11 is 0. The summed E-state index contributed by atoms with van der Waals surface area (Å²) in [5, 5.41) is 0. The predicted octanol–water partition coefficient (Wildman–Crippen LogP) is 2.37. The number of hydrogen-bond acceptors (Lipinski definition) is 2. The third kappa shape index (κ3) is 2.05. The Kier molecular flexibility index (Phi) is 3.01. The molecule has 0 heterocycles. The summed E-state index contributed by atoms with van der Waals surface area (Å²) in [7, 11) is 1.48. The topological polar surface area (TPSA) is 26.3 Å². The van der Waals surface area contributed by atoms with Gasteiger partial charge in [0.25, 0.3) is 0 Å². The Bertz CT molecular complexity index is 321. The van der Waals surface area contributed by atoms with Gasteiger partial charge in [0, 0.05) is 0 Å². The molecule has 13 heavy (non-hydrogen) atoms. The lowest BCUT2D eigenvalue weighted by Gasteiger charge is -2.06. The van der Waals surface area contributed by atoms with Crippen LogP contribution >= 0.6 is 0 Å². The summed E-state index contributed by atoms with van der Waals surface area (Å²) in [6.07, 6.45) is 0. The normalized spacial score (nSPS) is 9.77. The van der Waals surface area contributed by atoms with Crippen molar-refractivity contribution in [1.82, 2.24) is 0 Å². The average molecular weight is 182 g/mol. The summed E-state index contributed by atoms with van der Waals surface area (Å²) in [5.41, 5.74) is 0.920. The molecule has 2 nitrogen and oxygen atoms in total. The van der Waals surface area contributed by atoms with E-state index < -0.39 is 6.67 Å². The van der Waals surface area contributed by atoms with E-state index in [-0.39, 0.29) is 5.78 Å². The van der Waals surface area contributed by atoms with Gasteiger partial charge in [-0.25, -0.2) is 4.39 Å². The molecule has 3 heteroatoms. The second kappa shape index (κ2) is 4.03. The van der Waals surface area contributed by atoms with Crippen molar-refractivity contribution in [2.45, 2.75) is 13.6 Å². The molecule has 1 rings (SSSR count). The van der Waals surface area contributed by atoms with Crippen LogP contribution in [-0.4, -0.2) is 12.9 Å². The summed E-state index contributed by atoms with van der Waals surface area (Å²) in [4.78, 5) is 11.1. The third-order valence-corrected chi connectivity index (χ3v) is 1.80. The molecule has 0 atom stereocenters. The number of carbonyl (C=O) groups excluding carboxylic acids is 1. The van der Waals surface area contributed by atoms with Crippen molar-refractivity contribution in [3.8, 4) is 5.75 Å². The van der Waals surface area contributed by atoms with E-state index in [0.29, 0.717) is 16.9 Å². The number of Topliss-reactive ketones (excluding diaryl/α,β-unsaturated/α-hetero) is 1. The van der Waals surface area contributed by atoms with E-state index in [9.17, 15) is 9.18 Å². The van der Waals surface area contributed by atoms with Crippen LogP contribution in [-0.2, 0) is 6.67 Å². The Morgan fingerprint density at radius 1 is 1.54 bits per heavy atom. The highest BCUT2D eigenvalue weighted by molar-refractivity contribution is 5.97. The van der Waals surface area contributed by atoms with E-state index in [2.05, 4.69) is 0 Å². The van der Waals surface area contributed by atoms with E-state index in [0.717, 1.165) is 0 Å². The molecule has 0 aliphatic heterocycles. The number of hydrogen-bond donors (Lipinski definition) is 0. The van der Waals surface area contributed by atoms with E-state index in [4.69, 9.17) is 4.74 Å². The number of ketones is 1. The van der Waals surface area contributed by atoms with Gasteiger partial charge in [-0.3, -0.25) is 4.79 Å². The SMILES string of the molecule is COc1ccc(CF)cc1C(C)=O. The Morgan fingerprint density at radius 2 is 2.23 bits per heavy atom. The fourth-order valence-electron chi connectivity index (χ4n) is 1.11. The Morgan fingerprint density at radius 3 is 2.69 bits per heavy atom. The van der Waals surface area contributed by atoms with Crippen LogP contribution in [0.3, 0.4) is 0 Å². The first-order valence-corrected chi connectivity index (χ1v) is 3.93. The number of halogens is 1. The van der Waals surface area contributed by atoms with Crippen molar-refractivity contribution >= 4 is 5.78 Å². The summed E-state index contributed by atoms with van der Waals surface area (Å²) in [6.45, 7) is 0.865. The van der Waals surface area contributed by atoms with Crippen LogP contribution in [0.4, 0.5) is 4.39 Å². The molecule has 0 N–H and O–H groups in total. The fourth-order valence-corrected chi connectivity index (χ4v) is 1.11. The van der Waals surface area contributed by atoms with Crippen LogP contribution in [0.25, 0.3) is 0 Å². The van der Waals surface area contributed by atoms with E-state index in [1.807, 2.05) is 0 Å². The van der Waals surface area contributed by atoms with Crippen molar-refractivity contribution in [3.63, 3.8) is 0 Å². The van der Waals surface area contributed by atoms with Gasteiger partial charge in [0.15, 0.2) is 5.78 Å². The van der Waals surface area contributed by atoms with Crippen molar-refractivity contribution in [2.75, 3.05) is 7.11 Å². The minimum Gasteiger partial charge on any atom is -0.496 e. The molecular formula is C10H11FO2. The molecule has 0 radical (unpaired) electrons. The monoisotopic (exact) mass is 182 g/mol. The van der Waals surface area contributed by atoms with E-state index >= 15 is 0 Å². The van der Waals surface area contributed by atoms with Gasteiger partial charge in [-0.1, -0.05) is 6.07 Å². The van der Waals surface area contributed by atoms with Gasteiger partial charge in [-0.05, 0) is 24.6 Å². The van der Waals surface area contributed by atoms with Crippen LogP contribution in [0.5, 0.6) is 5.75 Å². The Labute approximate surface area is 76.3 Å². The fraction of sp³-hybridized carbons (Fsp3) is 0.300. The first-order valence-electron chi connectivity index (χ1n) is 3.93. The largest absolute Gasteiger partial charge is 0.496 e. The quantitative estimate of drug-likeness (QED) is 0.671. The molecule has 1 aromatic carbocycles. The highest BCUT2D eigenvalue weighted by Gasteiger charge is 2.08. The van der Waals surface area contributed by atoms with Crippen LogP contribution in [0.15, 0.2) is 18.2 Å². The van der Waals surface area contributed by atoms with Gasteiger partial charge in [-0.2, -0.15) is 0 Å². The Hall–Kier alpha value is -1.38. The van der Waals surface area contributed by atoms with Crippen molar-refractivity contribution in [3.05, 3.63) is 29.3 Å². The van der Waals surface area contributed by atoms with Gasteiger partial charge < -0.3 is 4.74 Å². The lowest BCUT2D eigenvalue weighted by molar-refractivity contribution is 0.101. The molecule has 0 saturated carbocycles. The number of rotatable bonds is 3. The second-order valence-electron chi connectivity index (χ2n) is 2.72. The number of methoxy groups -OCH3 is 1. The molecule has 0 aliphatic rings. The maximum atomic E-state index is 12.3. The molecule has 0 unspecified atom stereocenters. The van der Waals surface area contributed by atoms with E-state index in [1.54, 1.807) is 12.1 Å². The first-order chi connectivity index (χ1) is 6.19. The van der Waals surface area contributed by atoms with Crippen LogP contribution in [0.1, 0.15) is 22.8 Å². The molecular weight excluding hydrogens is 171 g/mol. The molecule has 70 valence electrons. The molecule has 1 aromatic rings. The predicted molar refractivity (Wildman–Crippen MR) is 47.8 cm³/mol. The van der Waals surface area contributed by atoms with Gasteiger partial charge in [0.2, 0.25) is 0 Å². The third-order valence-electron chi connectivity index (χ3n) is 1.80. The van der Waals surface area contributed by atoms with Crippen molar-refractivity contribution in [2.24, 2.45) is 0 Å². The highest BCUT2D eigenvalue weighted by atomic mass is 19.1. The standard InChI is InChI=1S/C10H11FO2/c1-7(12)9-5-8(6-11)3-4-10(9)13-2/h3-5H,6H2,1-2H3. The van der Waals surface area contributed by atoms with Gasteiger partial charge in [-0.15, -0.1) is 0 Å². The number of carbonyl (C=O) groups is 1. The van der Waals surface area contributed by atoms with Crippen LogP contribution < -0.4 is 4.74 Å². The highest BCUT2D eigenvalue weighted by Crippen LogP contribution is 2.20. The molecule has 0 saturated heterocycles. The zero-order valence-corrected chi connectivity index (χ0v) is 7.63. The number of ether oxygens (including phenoxy) is 1. The maximum absolute atomic E-state index is 12.3. The minimum absolute atomic E-state index is 0.118. The van der Waals surface area contributed by atoms with Crippen molar-refractivity contribution < 1.29 is 13.9 Å². The molecule has 0 aromatic heterocycles. The summed E-state index contributed by atoms with van der Waals surface area (Å²) in [5.74, 6) is 0.372. The van der Waals surface area contributed by atoms with Gasteiger partial charge in [0.1, 0.15) is 12.4 Å². The molecule has 0 amide bonds. The zero-order chi connectivity index (χ0) is 9.84. The lowest BCUT2D eigenvalue weighted by Crippen LogP contribution is -1.98. The molecule has 0 bridgehead atoms. The number of benzene rings is 1. The molecule has 0 aliphatic carbocycles. The first kappa shape index (κ1) is 9.71. The van der Waals surface area contributed by atoms with Gasteiger partial charge in [0.05, 0.1) is 12.7 Å².